The lowest BCUT2D eigenvalue weighted by molar-refractivity contribution is 0.0954. The highest BCUT2D eigenvalue weighted by Crippen LogP contribution is 2.17. The van der Waals surface area contributed by atoms with Crippen LogP contribution in [0.3, 0.4) is 0 Å². The van der Waals surface area contributed by atoms with Gasteiger partial charge in [0.25, 0.3) is 5.91 Å². The number of carbonyl (C=O) groups excluding carboxylic acids is 1. The van der Waals surface area contributed by atoms with E-state index in [-0.39, 0.29) is 11.7 Å². The number of guanidine groups is 1. The molecule has 0 atom stereocenters. The number of aliphatic imine (C=N–C) groups is 1. The van der Waals surface area contributed by atoms with Gasteiger partial charge in [-0.15, -0.1) is 0 Å². The summed E-state index contributed by atoms with van der Waals surface area (Å²) in [4.78, 5) is 16.2. The molecule has 2 aromatic rings. The minimum Gasteiger partial charge on any atom is -0.494 e. The molecule has 2 rings (SSSR count). The molecule has 6 nitrogen and oxygen atoms in total. The smallest absolute Gasteiger partial charge is 0.251 e. The van der Waals surface area contributed by atoms with Crippen molar-refractivity contribution in [2.24, 2.45) is 4.99 Å². The van der Waals surface area contributed by atoms with Crippen molar-refractivity contribution < 1.29 is 13.9 Å². The number of benzene rings is 2. The third-order valence-electron chi connectivity index (χ3n) is 4.08. The average Bonchev–Trinajstić information content (AvgIpc) is 2.70. The summed E-state index contributed by atoms with van der Waals surface area (Å²) in [5, 5.41) is 9.10. The van der Waals surface area contributed by atoms with E-state index in [0.29, 0.717) is 43.3 Å². The third kappa shape index (κ3) is 6.26. The fraction of sp³-hybridized carbons (Fsp3) is 0.333. The van der Waals surface area contributed by atoms with Crippen LogP contribution in [-0.4, -0.2) is 38.6 Å². The van der Waals surface area contributed by atoms with E-state index in [1.807, 2.05) is 31.2 Å². The van der Waals surface area contributed by atoms with Crippen molar-refractivity contribution in [2.45, 2.75) is 20.4 Å². The zero-order valence-corrected chi connectivity index (χ0v) is 16.5. The van der Waals surface area contributed by atoms with Gasteiger partial charge in [-0.25, -0.2) is 4.39 Å². The first-order valence-electron chi connectivity index (χ1n) is 9.24. The standard InChI is InChI=1S/C21H27FN4O2/c1-4-28-19-8-6-5-7-17(19)14-26-21(23-3)25-12-11-24-20(27)16-10-9-15(2)18(22)13-16/h5-10,13H,4,11-12,14H2,1-3H3,(H,24,27)(H2,23,25,26). The predicted octanol–water partition coefficient (Wildman–Crippen LogP) is 2.63. The Morgan fingerprint density at radius 2 is 1.86 bits per heavy atom. The maximum Gasteiger partial charge on any atom is 0.251 e. The van der Waals surface area contributed by atoms with Crippen molar-refractivity contribution >= 4 is 11.9 Å². The van der Waals surface area contributed by atoms with Crippen molar-refractivity contribution in [3.05, 3.63) is 65.0 Å². The van der Waals surface area contributed by atoms with Gasteiger partial charge in [-0.2, -0.15) is 0 Å². The fourth-order valence-corrected chi connectivity index (χ4v) is 2.54. The second kappa shape index (κ2) is 10.9. The lowest BCUT2D eigenvalue weighted by atomic mass is 10.1. The zero-order valence-electron chi connectivity index (χ0n) is 16.5. The molecule has 0 spiro atoms. The van der Waals surface area contributed by atoms with Crippen LogP contribution in [0.2, 0.25) is 0 Å². The Kier molecular flexibility index (Phi) is 8.27. The van der Waals surface area contributed by atoms with Gasteiger partial charge in [-0.3, -0.25) is 9.79 Å². The number of para-hydroxylation sites is 1. The fourth-order valence-electron chi connectivity index (χ4n) is 2.54. The first kappa shape index (κ1) is 21.2. The van der Waals surface area contributed by atoms with Crippen LogP contribution in [0.25, 0.3) is 0 Å². The summed E-state index contributed by atoms with van der Waals surface area (Å²) in [6, 6.07) is 12.3. The molecule has 2 aromatic carbocycles. The van der Waals surface area contributed by atoms with Crippen LogP contribution in [0, 0.1) is 12.7 Å². The topological polar surface area (TPSA) is 74.8 Å². The highest BCUT2D eigenvalue weighted by Gasteiger charge is 2.08. The summed E-state index contributed by atoms with van der Waals surface area (Å²) in [7, 11) is 1.68. The van der Waals surface area contributed by atoms with Gasteiger partial charge in [-0.05, 0) is 37.6 Å². The van der Waals surface area contributed by atoms with E-state index in [9.17, 15) is 9.18 Å². The Balaban J connectivity index is 1.77. The molecule has 0 radical (unpaired) electrons. The predicted molar refractivity (Wildman–Crippen MR) is 109 cm³/mol. The Hall–Kier alpha value is -3.09. The van der Waals surface area contributed by atoms with Gasteiger partial charge in [0, 0.05) is 37.8 Å². The first-order valence-corrected chi connectivity index (χ1v) is 9.24. The molecule has 3 N–H and O–H groups in total. The van der Waals surface area contributed by atoms with Gasteiger partial charge in [0.15, 0.2) is 5.96 Å². The largest absolute Gasteiger partial charge is 0.494 e. The Morgan fingerprint density at radius 1 is 1.11 bits per heavy atom. The van der Waals surface area contributed by atoms with Gasteiger partial charge in [0.1, 0.15) is 11.6 Å². The van der Waals surface area contributed by atoms with Gasteiger partial charge in [-0.1, -0.05) is 24.3 Å². The highest BCUT2D eigenvalue weighted by atomic mass is 19.1. The molecule has 7 heteroatoms. The number of amides is 1. The summed E-state index contributed by atoms with van der Waals surface area (Å²) in [5.41, 5.74) is 1.85. The van der Waals surface area contributed by atoms with E-state index in [0.717, 1.165) is 11.3 Å². The SMILES string of the molecule is CCOc1ccccc1CNC(=NC)NCCNC(=O)c1ccc(C)c(F)c1. The molecule has 0 aliphatic carbocycles. The second-order valence-electron chi connectivity index (χ2n) is 6.11. The molecule has 0 bridgehead atoms. The number of ether oxygens (including phenoxy) is 1. The summed E-state index contributed by atoms with van der Waals surface area (Å²) >= 11 is 0. The molecule has 0 aliphatic heterocycles. The van der Waals surface area contributed by atoms with Crippen LogP contribution in [0.4, 0.5) is 4.39 Å². The Labute approximate surface area is 165 Å². The summed E-state index contributed by atoms with van der Waals surface area (Å²) in [6.07, 6.45) is 0. The van der Waals surface area contributed by atoms with E-state index >= 15 is 0 Å². The quantitative estimate of drug-likeness (QED) is 0.370. The molecule has 0 heterocycles. The van der Waals surface area contributed by atoms with Crippen LogP contribution < -0.4 is 20.7 Å². The minimum absolute atomic E-state index is 0.304. The number of carbonyl (C=O) groups is 1. The van der Waals surface area contributed by atoms with E-state index in [2.05, 4.69) is 20.9 Å². The molecule has 0 aliphatic rings. The number of hydrogen-bond acceptors (Lipinski definition) is 3. The normalized spacial score (nSPS) is 11.1. The van der Waals surface area contributed by atoms with Gasteiger partial charge in [0.05, 0.1) is 6.61 Å². The average molecular weight is 386 g/mol. The van der Waals surface area contributed by atoms with Gasteiger partial charge in [0.2, 0.25) is 0 Å². The lowest BCUT2D eigenvalue weighted by Gasteiger charge is -2.14. The lowest BCUT2D eigenvalue weighted by Crippen LogP contribution is -2.41. The van der Waals surface area contributed by atoms with Crippen LogP contribution in [0.15, 0.2) is 47.5 Å². The Bertz CT molecular complexity index is 824. The molecule has 0 saturated carbocycles. The van der Waals surface area contributed by atoms with Crippen molar-refractivity contribution in [1.29, 1.82) is 0 Å². The molecule has 28 heavy (non-hydrogen) atoms. The molecule has 0 saturated heterocycles. The number of halogens is 1. The van der Waals surface area contributed by atoms with Crippen molar-refractivity contribution in [3.8, 4) is 5.75 Å². The Morgan fingerprint density at radius 3 is 2.57 bits per heavy atom. The number of hydrogen-bond donors (Lipinski definition) is 3. The first-order chi connectivity index (χ1) is 13.5. The number of nitrogens with zero attached hydrogens (tertiary/aromatic N) is 1. The number of aryl methyl sites for hydroxylation is 1. The van der Waals surface area contributed by atoms with Gasteiger partial charge >= 0.3 is 0 Å². The summed E-state index contributed by atoms with van der Waals surface area (Å²) in [6.45, 7) is 5.63. The van der Waals surface area contributed by atoms with Crippen molar-refractivity contribution in [1.82, 2.24) is 16.0 Å². The minimum atomic E-state index is -0.386. The summed E-state index contributed by atoms with van der Waals surface area (Å²) in [5.74, 6) is 0.754. The second-order valence-corrected chi connectivity index (χ2v) is 6.11. The highest BCUT2D eigenvalue weighted by molar-refractivity contribution is 5.94. The molecule has 0 fully saturated rings. The molecule has 1 amide bonds. The van der Waals surface area contributed by atoms with E-state index in [1.54, 1.807) is 26.1 Å². The molecule has 0 unspecified atom stereocenters. The van der Waals surface area contributed by atoms with Crippen LogP contribution in [0.5, 0.6) is 5.75 Å². The monoisotopic (exact) mass is 386 g/mol. The van der Waals surface area contributed by atoms with E-state index in [1.165, 1.54) is 6.07 Å². The summed E-state index contributed by atoms with van der Waals surface area (Å²) < 4.78 is 19.2. The maximum absolute atomic E-state index is 13.6. The maximum atomic E-state index is 13.6. The zero-order chi connectivity index (χ0) is 20.4. The number of rotatable bonds is 8. The van der Waals surface area contributed by atoms with Crippen molar-refractivity contribution in [2.75, 3.05) is 26.7 Å². The van der Waals surface area contributed by atoms with E-state index < -0.39 is 0 Å². The third-order valence-corrected chi connectivity index (χ3v) is 4.08. The van der Waals surface area contributed by atoms with Crippen LogP contribution >= 0.6 is 0 Å². The molecular weight excluding hydrogens is 359 g/mol. The molecule has 0 aromatic heterocycles. The number of nitrogens with one attached hydrogen (secondary N) is 3. The van der Waals surface area contributed by atoms with Crippen LogP contribution in [0.1, 0.15) is 28.4 Å². The van der Waals surface area contributed by atoms with Crippen molar-refractivity contribution in [3.63, 3.8) is 0 Å². The molecule has 150 valence electrons. The van der Waals surface area contributed by atoms with Gasteiger partial charge < -0.3 is 20.7 Å². The van der Waals surface area contributed by atoms with Crippen LogP contribution in [-0.2, 0) is 6.54 Å². The molecular formula is C21H27FN4O2. The van der Waals surface area contributed by atoms with E-state index in [4.69, 9.17) is 4.74 Å².